The van der Waals surface area contributed by atoms with E-state index >= 15 is 0 Å². The van der Waals surface area contributed by atoms with E-state index in [1.54, 1.807) is 0 Å². The maximum Gasteiger partial charge on any atom is 0.235 e. The molecular weight excluding hydrogens is 206 g/mol. The van der Waals surface area contributed by atoms with Crippen molar-refractivity contribution in [3.05, 3.63) is 0 Å². The van der Waals surface area contributed by atoms with Crippen molar-refractivity contribution < 1.29 is 18.3 Å². The maximum absolute atomic E-state index is 11.1. The summed E-state index contributed by atoms with van der Waals surface area (Å²) < 4.78 is 21.5. The van der Waals surface area contributed by atoms with Crippen molar-refractivity contribution in [2.45, 2.75) is 19.9 Å². The van der Waals surface area contributed by atoms with Crippen molar-refractivity contribution in [2.75, 3.05) is 18.6 Å². The molecule has 1 atom stereocenters. The molecular formula is C8H17NO4S. The zero-order valence-electron chi connectivity index (χ0n) is 8.65. The van der Waals surface area contributed by atoms with Gasteiger partial charge in [0.2, 0.25) is 5.91 Å². The Kier molecular flexibility index (Phi) is 5.07. The van der Waals surface area contributed by atoms with Gasteiger partial charge in [-0.2, -0.15) is 0 Å². The topological polar surface area (TPSA) is 83.5 Å². The highest BCUT2D eigenvalue weighted by atomic mass is 32.2. The first-order valence-electron chi connectivity index (χ1n) is 4.34. The van der Waals surface area contributed by atoms with Crippen LogP contribution < -0.4 is 5.32 Å². The monoisotopic (exact) mass is 223 g/mol. The third-order valence-electron chi connectivity index (χ3n) is 1.74. The zero-order chi connectivity index (χ0) is 11.4. The van der Waals surface area contributed by atoms with Gasteiger partial charge < -0.3 is 10.4 Å². The van der Waals surface area contributed by atoms with Crippen LogP contribution in [0.1, 0.15) is 13.8 Å². The number of rotatable bonds is 5. The lowest BCUT2D eigenvalue weighted by Gasteiger charge is -2.19. The van der Waals surface area contributed by atoms with E-state index in [-0.39, 0.29) is 18.6 Å². The third-order valence-corrected chi connectivity index (χ3v) is 2.53. The van der Waals surface area contributed by atoms with Crippen molar-refractivity contribution in [1.82, 2.24) is 5.32 Å². The number of carbonyl (C=O) groups excluding carboxylic acids is 1. The molecule has 0 aliphatic rings. The first-order valence-corrected chi connectivity index (χ1v) is 6.40. The van der Waals surface area contributed by atoms with Crippen molar-refractivity contribution in [2.24, 2.45) is 5.92 Å². The Labute approximate surface area is 84.4 Å². The highest BCUT2D eigenvalue weighted by molar-refractivity contribution is 7.91. The quantitative estimate of drug-likeness (QED) is 0.637. The first kappa shape index (κ1) is 13.4. The molecule has 0 heterocycles. The summed E-state index contributed by atoms with van der Waals surface area (Å²) in [4.78, 5) is 11.1. The van der Waals surface area contributed by atoms with E-state index in [2.05, 4.69) is 5.32 Å². The first-order chi connectivity index (χ1) is 6.26. The normalized spacial score (nSPS) is 14.1. The van der Waals surface area contributed by atoms with Crippen LogP contribution in [0.25, 0.3) is 0 Å². The molecule has 0 aliphatic carbocycles. The van der Waals surface area contributed by atoms with Gasteiger partial charge in [0.25, 0.3) is 0 Å². The number of hydrogen-bond acceptors (Lipinski definition) is 4. The number of nitrogens with one attached hydrogen (secondary N) is 1. The minimum absolute atomic E-state index is 0.0727. The van der Waals surface area contributed by atoms with Gasteiger partial charge in [0.1, 0.15) is 5.75 Å². The third kappa shape index (κ3) is 5.93. The average Bonchev–Trinajstić information content (AvgIpc) is 1.96. The number of aliphatic hydroxyl groups is 1. The van der Waals surface area contributed by atoms with Crippen LogP contribution in [0, 0.1) is 5.92 Å². The summed E-state index contributed by atoms with van der Waals surface area (Å²) in [7, 11) is -3.30. The molecule has 0 rings (SSSR count). The fourth-order valence-electron chi connectivity index (χ4n) is 0.910. The lowest BCUT2D eigenvalue weighted by atomic mass is 10.1. The summed E-state index contributed by atoms with van der Waals surface area (Å²) in [5.74, 6) is -1.03. The van der Waals surface area contributed by atoms with Gasteiger partial charge in [0, 0.05) is 6.26 Å². The van der Waals surface area contributed by atoms with Gasteiger partial charge in [-0.05, 0) is 5.92 Å². The van der Waals surface area contributed by atoms with E-state index in [9.17, 15) is 13.2 Å². The smallest absolute Gasteiger partial charge is 0.235 e. The molecule has 0 fully saturated rings. The van der Waals surface area contributed by atoms with Crippen LogP contribution in [0.4, 0.5) is 0 Å². The molecule has 0 radical (unpaired) electrons. The van der Waals surface area contributed by atoms with Crippen molar-refractivity contribution >= 4 is 15.7 Å². The minimum atomic E-state index is -3.30. The highest BCUT2D eigenvalue weighted by Gasteiger charge is 2.17. The fourth-order valence-corrected chi connectivity index (χ4v) is 1.47. The van der Waals surface area contributed by atoms with Crippen molar-refractivity contribution in [3.63, 3.8) is 0 Å². The second kappa shape index (κ2) is 5.31. The Balaban J connectivity index is 4.18. The number of carbonyl (C=O) groups is 1. The van der Waals surface area contributed by atoms with Gasteiger partial charge in [0.15, 0.2) is 9.84 Å². The zero-order valence-corrected chi connectivity index (χ0v) is 9.47. The van der Waals surface area contributed by atoms with E-state index in [0.29, 0.717) is 0 Å². The Hall–Kier alpha value is -0.620. The standard InChI is InChI=1S/C8H17NO4S/c1-6(2)7(4-10)9-8(11)5-14(3,12)13/h6-7,10H,4-5H2,1-3H3,(H,9,11)/t7-/m1/s1. The largest absolute Gasteiger partial charge is 0.394 e. The lowest BCUT2D eigenvalue weighted by molar-refractivity contribution is -0.119. The molecule has 6 heteroatoms. The van der Waals surface area contributed by atoms with Crippen molar-refractivity contribution in [3.8, 4) is 0 Å². The van der Waals surface area contributed by atoms with Crippen LogP contribution in [0.15, 0.2) is 0 Å². The van der Waals surface area contributed by atoms with E-state index < -0.39 is 21.5 Å². The Morgan fingerprint density at radius 3 is 2.21 bits per heavy atom. The van der Waals surface area contributed by atoms with E-state index in [0.717, 1.165) is 6.26 Å². The molecule has 0 bridgehead atoms. The summed E-state index contributed by atoms with van der Waals surface area (Å²) in [6.07, 6.45) is 0.996. The molecule has 1 amide bonds. The Morgan fingerprint density at radius 2 is 1.93 bits per heavy atom. The second-order valence-corrected chi connectivity index (χ2v) is 5.81. The van der Waals surface area contributed by atoms with Gasteiger partial charge >= 0.3 is 0 Å². The van der Waals surface area contributed by atoms with Gasteiger partial charge in [0.05, 0.1) is 12.6 Å². The second-order valence-electron chi connectivity index (χ2n) is 3.67. The lowest BCUT2D eigenvalue weighted by Crippen LogP contribution is -2.43. The molecule has 0 aliphatic heterocycles. The fraction of sp³-hybridized carbons (Fsp3) is 0.875. The van der Waals surface area contributed by atoms with Crippen LogP contribution in [-0.4, -0.2) is 44.1 Å². The van der Waals surface area contributed by atoms with Crippen LogP contribution in [-0.2, 0) is 14.6 Å². The van der Waals surface area contributed by atoms with E-state index in [4.69, 9.17) is 5.11 Å². The molecule has 0 unspecified atom stereocenters. The molecule has 5 nitrogen and oxygen atoms in total. The molecule has 0 spiro atoms. The van der Waals surface area contributed by atoms with E-state index in [1.807, 2.05) is 13.8 Å². The van der Waals surface area contributed by atoms with Gasteiger partial charge in [-0.15, -0.1) is 0 Å². The predicted octanol–water partition coefficient (Wildman–Crippen LogP) is -0.836. The Bertz CT molecular complexity index is 284. The summed E-state index contributed by atoms with van der Waals surface area (Å²) in [5, 5.41) is 11.3. The summed E-state index contributed by atoms with van der Waals surface area (Å²) in [5.41, 5.74) is 0. The SMILES string of the molecule is CC(C)[C@@H](CO)NC(=O)CS(C)(=O)=O. The minimum Gasteiger partial charge on any atom is -0.394 e. The van der Waals surface area contributed by atoms with Gasteiger partial charge in [-0.3, -0.25) is 4.79 Å². The molecule has 0 saturated carbocycles. The molecule has 2 N–H and O–H groups in total. The highest BCUT2D eigenvalue weighted by Crippen LogP contribution is 2.00. The predicted molar refractivity (Wildman–Crippen MR) is 53.6 cm³/mol. The van der Waals surface area contributed by atoms with Crippen LogP contribution >= 0.6 is 0 Å². The number of amides is 1. The molecule has 14 heavy (non-hydrogen) atoms. The van der Waals surface area contributed by atoms with Crippen LogP contribution in [0.5, 0.6) is 0 Å². The number of hydrogen-bond donors (Lipinski definition) is 2. The molecule has 0 aromatic rings. The summed E-state index contributed by atoms with van der Waals surface area (Å²) in [6, 6.07) is -0.385. The summed E-state index contributed by atoms with van der Waals surface area (Å²) in [6.45, 7) is 3.48. The number of aliphatic hydroxyl groups excluding tert-OH is 1. The average molecular weight is 223 g/mol. The van der Waals surface area contributed by atoms with Gasteiger partial charge in [-0.1, -0.05) is 13.8 Å². The summed E-state index contributed by atoms with van der Waals surface area (Å²) >= 11 is 0. The maximum atomic E-state index is 11.1. The Morgan fingerprint density at radius 1 is 1.43 bits per heavy atom. The van der Waals surface area contributed by atoms with Crippen molar-refractivity contribution in [1.29, 1.82) is 0 Å². The van der Waals surface area contributed by atoms with Crippen LogP contribution in [0.2, 0.25) is 0 Å². The van der Waals surface area contributed by atoms with Gasteiger partial charge in [-0.25, -0.2) is 8.42 Å². The molecule has 0 aromatic carbocycles. The molecule has 0 saturated heterocycles. The molecule has 84 valence electrons. The number of sulfone groups is 1. The molecule has 0 aromatic heterocycles. The van der Waals surface area contributed by atoms with Crippen LogP contribution in [0.3, 0.4) is 0 Å². The van der Waals surface area contributed by atoms with E-state index in [1.165, 1.54) is 0 Å².